The Hall–Kier alpha value is -2.10. The number of carbonyl (C=O) groups excluding carboxylic acids is 3. The van der Waals surface area contributed by atoms with Crippen LogP contribution in [0.1, 0.15) is 47.0 Å². The summed E-state index contributed by atoms with van der Waals surface area (Å²) in [7, 11) is 0. The van der Waals surface area contributed by atoms with E-state index in [1.807, 2.05) is 0 Å². The van der Waals surface area contributed by atoms with Crippen LogP contribution in [0.4, 0.5) is 18.2 Å². The molecule has 2 aliphatic rings. The molecule has 1 unspecified atom stereocenters. The molecule has 0 spiro atoms. The molecule has 1 aromatic rings. The minimum atomic E-state index is -4.51. The van der Waals surface area contributed by atoms with Crippen molar-refractivity contribution in [3.05, 3.63) is 16.0 Å². The third-order valence-electron chi connectivity index (χ3n) is 4.84. The summed E-state index contributed by atoms with van der Waals surface area (Å²) in [5, 5.41) is 3.03. The number of aryl methyl sites for hydroxylation is 1. The predicted molar refractivity (Wildman–Crippen MR) is 96.3 cm³/mol. The Morgan fingerprint density at radius 1 is 1.29 bits per heavy atom. The summed E-state index contributed by atoms with van der Waals surface area (Å²) in [4.78, 5) is 38.5. The van der Waals surface area contributed by atoms with Gasteiger partial charge in [-0.1, -0.05) is 0 Å². The first kappa shape index (κ1) is 20.6. The van der Waals surface area contributed by atoms with Crippen molar-refractivity contribution in [1.29, 1.82) is 0 Å². The van der Waals surface area contributed by atoms with Crippen LogP contribution in [0.25, 0.3) is 0 Å². The summed E-state index contributed by atoms with van der Waals surface area (Å²) in [5.41, 5.74) is 1.22. The van der Waals surface area contributed by atoms with Gasteiger partial charge in [0.1, 0.15) is 11.5 Å². The van der Waals surface area contributed by atoms with Crippen molar-refractivity contribution >= 4 is 34.1 Å². The summed E-state index contributed by atoms with van der Waals surface area (Å²) >= 11 is 1.30. The maximum atomic E-state index is 12.6. The third-order valence-corrected chi connectivity index (χ3v) is 6.05. The third kappa shape index (κ3) is 4.48. The Bertz CT molecular complexity index is 791. The summed E-state index contributed by atoms with van der Waals surface area (Å²) in [6.07, 6.45) is -1.33. The number of hydrogen-bond donors (Lipinski definition) is 1. The van der Waals surface area contributed by atoms with Crippen molar-refractivity contribution in [3.8, 4) is 0 Å². The Kier molecular flexibility index (Phi) is 5.97. The van der Waals surface area contributed by atoms with Crippen LogP contribution in [-0.4, -0.2) is 48.6 Å². The first-order valence-electron chi connectivity index (χ1n) is 9.16. The van der Waals surface area contributed by atoms with Crippen LogP contribution in [0.5, 0.6) is 0 Å². The molecule has 1 aliphatic carbocycles. The van der Waals surface area contributed by atoms with E-state index in [2.05, 4.69) is 5.32 Å². The number of nitrogens with one attached hydrogen (secondary N) is 1. The van der Waals surface area contributed by atoms with Gasteiger partial charge in [0.15, 0.2) is 0 Å². The fraction of sp³-hybridized carbons (Fsp3) is 0.611. The molecular formula is C18H21F3N2O4S. The fourth-order valence-corrected chi connectivity index (χ4v) is 4.88. The highest BCUT2D eigenvalue weighted by molar-refractivity contribution is 7.17. The van der Waals surface area contributed by atoms with Gasteiger partial charge in [0.2, 0.25) is 11.8 Å². The van der Waals surface area contributed by atoms with Gasteiger partial charge >= 0.3 is 12.1 Å². The van der Waals surface area contributed by atoms with E-state index >= 15 is 0 Å². The number of esters is 1. The summed E-state index contributed by atoms with van der Waals surface area (Å²) in [5.74, 6) is -2.65. The van der Waals surface area contributed by atoms with Crippen molar-refractivity contribution in [2.24, 2.45) is 5.92 Å². The standard InChI is InChI=1S/C18H21F3N2O4S/c1-2-27-17(26)14-11-5-3-4-6-12(11)28-16(14)22-15(25)10-7-13(24)23(8-10)9-18(19,20)21/h10H,2-9H2,1H3,(H,22,25). The van der Waals surface area contributed by atoms with Gasteiger partial charge in [-0.2, -0.15) is 13.2 Å². The van der Waals surface area contributed by atoms with Gasteiger partial charge in [0.25, 0.3) is 0 Å². The SMILES string of the molecule is CCOC(=O)c1c(NC(=O)C2CC(=O)N(CC(F)(F)F)C2)sc2c1CCCC2. The lowest BCUT2D eigenvalue weighted by molar-refractivity contribution is -0.157. The van der Waals surface area contributed by atoms with E-state index in [1.54, 1.807) is 6.92 Å². The fourth-order valence-electron chi connectivity index (χ4n) is 3.60. The Balaban J connectivity index is 1.76. The Morgan fingerprint density at radius 3 is 2.68 bits per heavy atom. The van der Waals surface area contributed by atoms with E-state index < -0.39 is 36.4 Å². The number of thiophene rings is 1. The van der Waals surface area contributed by atoms with Crippen molar-refractivity contribution in [2.45, 2.75) is 45.2 Å². The van der Waals surface area contributed by atoms with Gasteiger partial charge in [-0.05, 0) is 38.2 Å². The molecule has 1 aromatic heterocycles. The van der Waals surface area contributed by atoms with Crippen molar-refractivity contribution in [3.63, 3.8) is 0 Å². The molecule has 0 bridgehead atoms. The van der Waals surface area contributed by atoms with Crippen molar-refractivity contribution < 1.29 is 32.3 Å². The molecule has 1 aliphatic heterocycles. The van der Waals surface area contributed by atoms with E-state index in [1.165, 1.54) is 11.3 Å². The summed E-state index contributed by atoms with van der Waals surface area (Å²) < 4.78 is 42.8. The molecule has 1 atom stereocenters. The minimum Gasteiger partial charge on any atom is -0.462 e. The van der Waals surface area contributed by atoms with Gasteiger partial charge < -0.3 is 15.0 Å². The number of halogens is 3. The average Bonchev–Trinajstić information content (AvgIpc) is 3.14. The normalized spacial score (nSPS) is 19.5. The molecule has 1 saturated heterocycles. The molecule has 0 radical (unpaired) electrons. The van der Waals surface area contributed by atoms with Gasteiger partial charge in [0.05, 0.1) is 18.1 Å². The van der Waals surface area contributed by atoms with E-state index in [9.17, 15) is 27.6 Å². The molecule has 0 saturated carbocycles. The van der Waals surface area contributed by atoms with Gasteiger partial charge in [-0.3, -0.25) is 9.59 Å². The molecule has 10 heteroatoms. The number of nitrogens with zero attached hydrogens (tertiary/aromatic N) is 1. The van der Waals surface area contributed by atoms with Crippen LogP contribution in [0.2, 0.25) is 0 Å². The molecule has 0 aromatic carbocycles. The van der Waals surface area contributed by atoms with Crippen LogP contribution < -0.4 is 5.32 Å². The molecule has 6 nitrogen and oxygen atoms in total. The van der Waals surface area contributed by atoms with Gasteiger partial charge in [-0.15, -0.1) is 11.3 Å². The summed E-state index contributed by atoms with van der Waals surface area (Å²) in [6, 6.07) is 0. The first-order valence-corrected chi connectivity index (χ1v) is 9.98. The molecule has 3 rings (SSSR count). The monoisotopic (exact) mass is 418 g/mol. The lowest BCUT2D eigenvalue weighted by Gasteiger charge is -2.18. The molecule has 1 fully saturated rings. The number of rotatable bonds is 5. The highest BCUT2D eigenvalue weighted by Crippen LogP contribution is 2.39. The number of anilines is 1. The van der Waals surface area contributed by atoms with E-state index in [4.69, 9.17) is 4.74 Å². The topological polar surface area (TPSA) is 75.7 Å². The quantitative estimate of drug-likeness (QED) is 0.746. The van der Waals surface area contributed by atoms with E-state index in [0.717, 1.165) is 36.1 Å². The number of alkyl halides is 3. The van der Waals surface area contributed by atoms with Crippen LogP contribution in [0, 0.1) is 5.92 Å². The van der Waals surface area contributed by atoms with Crippen LogP contribution in [0.15, 0.2) is 0 Å². The van der Waals surface area contributed by atoms with Crippen LogP contribution in [-0.2, 0) is 27.2 Å². The molecule has 2 heterocycles. The Morgan fingerprint density at radius 2 is 2.00 bits per heavy atom. The molecule has 28 heavy (non-hydrogen) atoms. The maximum absolute atomic E-state index is 12.6. The second-order valence-corrected chi connectivity index (χ2v) is 8.02. The second-order valence-electron chi connectivity index (χ2n) is 6.92. The highest BCUT2D eigenvalue weighted by atomic mass is 32.1. The second kappa shape index (κ2) is 8.10. The van der Waals surface area contributed by atoms with Gasteiger partial charge in [0, 0.05) is 17.8 Å². The molecule has 1 N–H and O–H groups in total. The average molecular weight is 418 g/mol. The van der Waals surface area contributed by atoms with Crippen LogP contribution in [0.3, 0.4) is 0 Å². The molecule has 2 amide bonds. The smallest absolute Gasteiger partial charge is 0.406 e. The highest BCUT2D eigenvalue weighted by Gasteiger charge is 2.41. The number of ether oxygens (including phenoxy) is 1. The zero-order valence-corrected chi connectivity index (χ0v) is 16.2. The number of amides is 2. The van der Waals surface area contributed by atoms with Gasteiger partial charge in [-0.25, -0.2) is 4.79 Å². The zero-order chi connectivity index (χ0) is 20.5. The zero-order valence-electron chi connectivity index (χ0n) is 15.4. The predicted octanol–water partition coefficient (Wildman–Crippen LogP) is 3.15. The maximum Gasteiger partial charge on any atom is 0.406 e. The lowest BCUT2D eigenvalue weighted by atomic mass is 9.95. The van der Waals surface area contributed by atoms with E-state index in [-0.39, 0.29) is 19.6 Å². The lowest BCUT2D eigenvalue weighted by Crippen LogP contribution is -2.36. The summed E-state index contributed by atoms with van der Waals surface area (Å²) in [6.45, 7) is 0.232. The number of carbonyl (C=O) groups is 3. The van der Waals surface area contributed by atoms with E-state index in [0.29, 0.717) is 15.5 Å². The largest absolute Gasteiger partial charge is 0.462 e. The Labute approximate surface area is 164 Å². The first-order chi connectivity index (χ1) is 13.2. The number of fused-ring (bicyclic) bond motifs is 1. The molecular weight excluding hydrogens is 397 g/mol. The molecule has 154 valence electrons. The van der Waals surface area contributed by atoms with Crippen LogP contribution >= 0.6 is 11.3 Å². The van der Waals surface area contributed by atoms with Crippen molar-refractivity contribution in [1.82, 2.24) is 4.90 Å². The van der Waals surface area contributed by atoms with Crippen molar-refractivity contribution in [2.75, 3.05) is 25.0 Å². The minimum absolute atomic E-state index is 0.195. The number of likely N-dealkylation sites (tertiary alicyclic amines) is 1. The number of hydrogen-bond acceptors (Lipinski definition) is 5.